The summed E-state index contributed by atoms with van der Waals surface area (Å²) in [4.78, 5) is 12.5. The maximum Gasteiger partial charge on any atom is 0.234 e. The van der Waals surface area contributed by atoms with Crippen molar-refractivity contribution in [3.63, 3.8) is 0 Å². The number of aliphatic hydroxyl groups excluding tert-OH is 1. The Morgan fingerprint density at radius 2 is 1.95 bits per heavy atom. The zero-order valence-electron chi connectivity index (χ0n) is 10.7. The molecule has 0 amide bonds. The van der Waals surface area contributed by atoms with Gasteiger partial charge in [0.25, 0.3) is 0 Å². The summed E-state index contributed by atoms with van der Waals surface area (Å²) in [6.45, 7) is 0. The molecule has 1 aliphatic rings. The highest BCUT2D eigenvalue weighted by Crippen LogP contribution is 2.27. The first-order chi connectivity index (χ1) is 9.15. The highest BCUT2D eigenvalue weighted by atomic mass is 16.3. The van der Waals surface area contributed by atoms with Crippen LogP contribution in [0.5, 0.6) is 0 Å². The van der Waals surface area contributed by atoms with Crippen LogP contribution in [0.25, 0.3) is 10.9 Å². The van der Waals surface area contributed by atoms with Crippen LogP contribution in [0.1, 0.15) is 30.5 Å². The smallest absolute Gasteiger partial charge is 0.234 e. The number of anilines is 1. The number of carbonyl (C=O) groups excluding carboxylic acids is 1. The molecule has 2 aromatic rings. The molecule has 100 valence electrons. The molecule has 1 aromatic heterocycles. The minimum absolute atomic E-state index is 0.0246. The largest absolute Gasteiger partial charge is 0.399 e. The number of aromatic nitrogens is 1. The van der Waals surface area contributed by atoms with Crippen LogP contribution in [-0.4, -0.2) is 21.7 Å². The van der Waals surface area contributed by atoms with E-state index in [0.29, 0.717) is 5.69 Å². The summed E-state index contributed by atoms with van der Waals surface area (Å²) >= 11 is 0. The zero-order chi connectivity index (χ0) is 13.4. The van der Waals surface area contributed by atoms with Gasteiger partial charge >= 0.3 is 0 Å². The van der Waals surface area contributed by atoms with E-state index in [1.165, 1.54) is 0 Å². The van der Waals surface area contributed by atoms with E-state index in [4.69, 9.17) is 5.73 Å². The minimum Gasteiger partial charge on any atom is -0.399 e. The molecule has 3 N–H and O–H groups in total. The number of aliphatic hydroxyl groups is 1. The number of carbonyl (C=O) groups is 1. The summed E-state index contributed by atoms with van der Waals surface area (Å²) in [5.41, 5.74) is 7.36. The maximum atomic E-state index is 12.5. The summed E-state index contributed by atoms with van der Waals surface area (Å²) in [5.74, 6) is 0.156. The number of benzene rings is 1. The molecule has 1 saturated carbocycles. The first-order valence-electron chi connectivity index (χ1n) is 6.74. The highest BCUT2D eigenvalue weighted by Gasteiger charge is 2.26. The van der Waals surface area contributed by atoms with E-state index in [9.17, 15) is 9.90 Å². The number of nitrogen functional groups attached to an aromatic ring is 1. The molecule has 1 aliphatic carbocycles. The topological polar surface area (TPSA) is 68.2 Å². The van der Waals surface area contributed by atoms with Crippen molar-refractivity contribution in [1.82, 2.24) is 4.57 Å². The first-order valence-corrected chi connectivity index (χ1v) is 6.74. The molecule has 0 aliphatic heterocycles. The predicted octanol–water partition coefficient (Wildman–Crippen LogP) is 2.41. The number of rotatable bonds is 1. The monoisotopic (exact) mass is 258 g/mol. The minimum atomic E-state index is -0.231. The molecular formula is C15H18N2O2. The molecule has 0 radical (unpaired) electrons. The first kappa shape index (κ1) is 12.2. The Bertz CT molecular complexity index is 610. The van der Waals surface area contributed by atoms with Gasteiger partial charge in [0, 0.05) is 23.2 Å². The lowest BCUT2D eigenvalue weighted by Gasteiger charge is -2.24. The molecule has 3 rings (SSSR count). The third kappa shape index (κ3) is 2.24. The fourth-order valence-electron chi connectivity index (χ4n) is 2.87. The summed E-state index contributed by atoms with van der Waals surface area (Å²) in [6, 6.07) is 7.50. The summed E-state index contributed by atoms with van der Waals surface area (Å²) in [7, 11) is 0. The van der Waals surface area contributed by atoms with Gasteiger partial charge < -0.3 is 10.8 Å². The van der Waals surface area contributed by atoms with Crippen LogP contribution in [0.2, 0.25) is 0 Å². The van der Waals surface area contributed by atoms with Crippen molar-refractivity contribution in [2.45, 2.75) is 31.8 Å². The summed E-state index contributed by atoms with van der Waals surface area (Å²) < 4.78 is 1.72. The van der Waals surface area contributed by atoms with E-state index < -0.39 is 0 Å². The fraction of sp³-hybridized carbons (Fsp3) is 0.400. The van der Waals surface area contributed by atoms with Gasteiger partial charge in [0.15, 0.2) is 0 Å². The van der Waals surface area contributed by atoms with Gasteiger partial charge in [-0.2, -0.15) is 0 Å². The second-order valence-electron chi connectivity index (χ2n) is 5.35. The van der Waals surface area contributed by atoms with Crippen molar-refractivity contribution < 1.29 is 9.90 Å². The molecule has 0 spiro atoms. The molecule has 1 heterocycles. The van der Waals surface area contributed by atoms with E-state index in [0.717, 1.165) is 36.6 Å². The molecule has 0 atom stereocenters. The van der Waals surface area contributed by atoms with Crippen molar-refractivity contribution in [1.29, 1.82) is 0 Å². The van der Waals surface area contributed by atoms with Crippen LogP contribution < -0.4 is 5.73 Å². The van der Waals surface area contributed by atoms with E-state index in [-0.39, 0.29) is 17.9 Å². The van der Waals surface area contributed by atoms with Crippen LogP contribution in [0.3, 0.4) is 0 Å². The van der Waals surface area contributed by atoms with Gasteiger partial charge in [0.1, 0.15) is 0 Å². The molecule has 0 unspecified atom stereocenters. The molecule has 19 heavy (non-hydrogen) atoms. The van der Waals surface area contributed by atoms with Gasteiger partial charge in [-0.3, -0.25) is 9.36 Å². The van der Waals surface area contributed by atoms with Crippen molar-refractivity contribution in [3.05, 3.63) is 30.5 Å². The number of hydrogen-bond donors (Lipinski definition) is 2. The Hall–Kier alpha value is -1.81. The molecule has 1 fully saturated rings. The van der Waals surface area contributed by atoms with Crippen molar-refractivity contribution in [2.24, 2.45) is 5.92 Å². The summed E-state index contributed by atoms with van der Waals surface area (Å²) in [5, 5.41) is 10.5. The number of hydrogen-bond acceptors (Lipinski definition) is 3. The standard InChI is InChI=1S/C15H18N2O2/c16-12-3-6-14-11(9-12)7-8-17(14)15(19)10-1-4-13(18)5-2-10/h3,6-10,13,18H,1-2,4-5,16H2. The Labute approximate surface area is 111 Å². The van der Waals surface area contributed by atoms with Gasteiger partial charge in [-0.15, -0.1) is 0 Å². The Balaban J connectivity index is 1.89. The number of fused-ring (bicyclic) bond motifs is 1. The molecular weight excluding hydrogens is 240 g/mol. The normalized spacial score (nSPS) is 23.6. The number of nitrogens with zero attached hydrogens (tertiary/aromatic N) is 1. The third-order valence-electron chi connectivity index (χ3n) is 4.00. The summed E-state index contributed by atoms with van der Waals surface area (Å²) in [6.07, 6.45) is 4.58. The average molecular weight is 258 g/mol. The SMILES string of the molecule is Nc1ccc2c(ccn2C(=O)C2CCC(O)CC2)c1. The highest BCUT2D eigenvalue weighted by molar-refractivity contribution is 5.94. The van der Waals surface area contributed by atoms with Crippen molar-refractivity contribution in [3.8, 4) is 0 Å². The van der Waals surface area contributed by atoms with Gasteiger partial charge in [0.2, 0.25) is 5.91 Å². The van der Waals surface area contributed by atoms with Gasteiger partial charge in [0.05, 0.1) is 11.6 Å². The Morgan fingerprint density at radius 1 is 1.21 bits per heavy atom. The molecule has 4 nitrogen and oxygen atoms in total. The van der Waals surface area contributed by atoms with Crippen molar-refractivity contribution >= 4 is 22.5 Å². The second kappa shape index (κ2) is 4.70. The van der Waals surface area contributed by atoms with Crippen LogP contribution >= 0.6 is 0 Å². The predicted molar refractivity (Wildman–Crippen MR) is 74.9 cm³/mol. The zero-order valence-corrected chi connectivity index (χ0v) is 10.7. The lowest BCUT2D eigenvalue weighted by atomic mass is 9.87. The van der Waals surface area contributed by atoms with E-state index in [1.54, 1.807) is 4.57 Å². The third-order valence-corrected chi connectivity index (χ3v) is 4.00. The van der Waals surface area contributed by atoms with E-state index in [2.05, 4.69) is 0 Å². The van der Waals surface area contributed by atoms with Gasteiger partial charge in [-0.25, -0.2) is 0 Å². The molecule has 0 saturated heterocycles. The number of nitrogens with two attached hydrogens (primary N) is 1. The lowest BCUT2D eigenvalue weighted by molar-refractivity contribution is 0.0692. The van der Waals surface area contributed by atoms with Gasteiger partial charge in [-0.1, -0.05) is 0 Å². The van der Waals surface area contributed by atoms with E-state index in [1.807, 2.05) is 30.5 Å². The van der Waals surface area contributed by atoms with Gasteiger partial charge in [-0.05, 0) is 49.9 Å². The van der Waals surface area contributed by atoms with Crippen LogP contribution in [0, 0.1) is 5.92 Å². The van der Waals surface area contributed by atoms with Crippen LogP contribution in [-0.2, 0) is 0 Å². The Morgan fingerprint density at radius 3 is 2.68 bits per heavy atom. The maximum absolute atomic E-state index is 12.5. The van der Waals surface area contributed by atoms with E-state index >= 15 is 0 Å². The van der Waals surface area contributed by atoms with Crippen molar-refractivity contribution in [2.75, 3.05) is 5.73 Å². The Kier molecular flexibility index (Phi) is 3.03. The average Bonchev–Trinajstić information content (AvgIpc) is 2.81. The lowest BCUT2D eigenvalue weighted by Crippen LogP contribution is -2.27. The quantitative estimate of drug-likeness (QED) is 0.772. The molecule has 4 heteroatoms. The molecule has 1 aromatic carbocycles. The second-order valence-corrected chi connectivity index (χ2v) is 5.35. The van der Waals surface area contributed by atoms with Crippen LogP contribution in [0.15, 0.2) is 30.5 Å². The fourth-order valence-corrected chi connectivity index (χ4v) is 2.87. The van der Waals surface area contributed by atoms with Crippen LogP contribution in [0.4, 0.5) is 5.69 Å². The molecule has 0 bridgehead atoms.